The minimum absolute atomic E-state index is 0.134. The molecule has 0 aliphatic rings. The molecule has 0 saturated carbocycles. The van der Waals surface area contributed by atoms with Crippen molar-refractivity contribution in [2.45, 2.75) is 19.4 Å². The van der Waals surface area contributed by atoms with E-state index in [1.807, 2.05) is 6.92 Å². The van der Waals surface area contributed by atoms with Crippen molar-refractivity contribution < 1.29 is 8.78 Å². The van der Waals surface area contributed by atoms with Crippen molar-refractivity contribution in [1.82, 2.24) is 0 Å². The van der Waals surface area contributed by atoms with Gasteiger partial charge in [0.2, 0.25) is 0 Å². The average molecular weight is 214 g/mol. The number of nitrogens with two attached hydrogens (primary N) is 1. The second-order valence-electron chi connectivity index (χ2n) is 3.63. The number of rotatable bonds is 4. The van der Waals surface area contributed by atoms with Crippen LogP contribution in [-0.2, 0) is 0 Å². The lowest BCUT2D eigenvalue weighted by Gasteiger charge is -2.27. The van der Waals surface area contributed by atoms with E-state index in [2.05, 4.69) is 0 Å². The Morgan fingerprint density at radius 2 is 2.07 bits per heavy atom. The molecule has 1 aromatic carbocycles. The molecule has 0 amide bonds. The number of benzene rings is 1. The van der Waals surface area contributed by atoms with Gasteiger partial charge in [-0.3, -0.25) is 0 Å². The molecule has 0 aromatic heterocycles. The molecule has 0 saturated heterocycles. The summed E-state index contributed by atoms with van der Waals surface area (Å²) in [5.41, 5.74) is 5.83. The fourth-order valence-corrected chi connectivity index (χ4v) is 1.44. The lowest BCUT2D eigenvalue weighted by Crippen LogP contribution is -2.31. The molecule has 2 nitrogen and oxygen atoms in total. The number of hydrogen-bond acceptors (Lipinski definition) is 2. The van der Waals surface area contributed by atoms with Crippen molar-refractivity contribution in [2.75, 3.05) is 18.5 Å². The summed E-state index contributed by atoms with van der Waals surface area (Å²) in [5.74, 6) is -1.10. The van der Waals surface area contributed by atoms with Gasteiger partial charge in [-0.05, 0) is 32.0 Å². The molecule has 0 aliphatic carbocycles. The highest BCUT2D eigenvalue weighted by molar-refractivity contribution is 5.47. The summed E-state index contributed by atoms with van der Waals surface area (Å²) in [6.45, 7) is 2.50. The third-order valence-electron chi connectivity index (χ3n) is 2.54. The van der Waals surface area contributed by atoms with E-state index in [9.17, 15) is 8.78 Å². The first-order valence-electron chi connectivity index (χ1n) is 4.94. The van der Waals surface area contributed by atoms with Crippen LogP contribution < -0.4 is 10.6 Å². The van der Waals surface area contributed by atoms with E-state index in [0.717, 1.165) is 12.5 Å². The van der Waals surface area contributed by atoms with E-state index >= 15 is 0 Å². The molecule has 1 rings (SSSR count). The van der Waals surface area contributed by atoms with Crippen molar-refractivity contribution in [3.8, 4) is 0 Å². The maximum absolute atomic E-state index is 13.4. The Balaban J connectivity index is 2.86. The van der Waals surface area contributed by atoms with E-state index in [1.165, 1.54) is 12.1 Å². The van der Waals surface area contributed by atoms with Crippen molar-refractivity contribution >= 4 is 5.69 Å². The Morgan fingerprint density at radius 3 is 2.60 bits per heavy atom. The van der Waals surface area contributed by atoms with E-state index < -0.39 is 11.6 Å². The summed E-state index contributed by atoms with van der Waals surface area (Å²) in [7, 11) is 1.77. The summed E-state index contributed by atoms with van der Waals surface area (Å²) in [5, 5.41) is 0. The van der Waals surface area contributed by atoms with Crippen molar-refractivity contribution in [3.63, 3.8) is 0 Å². The van der Waals surface area contributed by atoms with Crippen LogP contribution in [0.25, 0.3) is 0 Å². The summed E-state index contributed by atoms with van der Waals surface area (Å²) >= 11 is 0. The highest BCUT2D eigenvalue weighted by Gasteiger charge is 2.13. The predicted octanol–water partition coefficient (Wildman–Crippen LogP) is 2.14. The minimum atomic E-state index is -0.559. The maximum Gasteiger partial charge on any atom is 0.149 e. The van der Waals surface area contributed by atoms with Gasteiger partial charge in [-0.15, -0.1) is 0 Å². The normalized spacial score (nSPS) is 12.6. The fourth-order valence-electron chi connectivity index (χ4n) is 1.44. The molecule has 1 aromatic rings. The summed E-state index contributed by atoms with van der Waals surface area (Å²) in [6, 6.07) is 3.72. The topological polar surface area (TPSA) is 29.3 Å². The highest BCUT2D eigenvalue weighted by atomic mass is 19.1. The van der Waals surface area contributed by atoms with E-state index in [1.54, 1.807) is 11.9 Å². The third kappa shape index (κ3) is 2.89. The maximum atomic E-state index is 13.4. The monoisotopic (exact) mass is 214 g/mol. The Morgan fingerprint density at radius 1 is 1.40 bits per heavy atom. The average Bonchev–Trinajstić information content (AvgIpc) is 2.17. The van der Waals surface area contributed by atoms with Crippen LogP contribution in [0.4, 0.5) is 14.5 Å². The van der Waals surface area contributed by atoms with Crippen LogP contribution in [0.1, 0.15) is 13.3 Å². The first-order valence-corrected chi connectivity index (χ1v) is 4.94. The zero-order valence-electron chi connectivity index (χ0n) is 9.00. The molecule has 84 valence electrons. The highest BCUT2D eigenvalue weighted by Crippen LogP contribution is 2.21. The van der Waals surface area contributed by atoms with Crippen molar-refractivity contribution in [3.05, 3.63) is 29.8 Å². The number of anilines is 1. The fraction of sp³-hybridized carbons (Fsp3) is 0.455. The molecule has 0 bridgehead atoms. The molecule has 0 aliphatic heterocycles. The lowest BCUT2D eigenvalue weighted by molar-refractivity contribution is 0.567. The van der Waals surface area contributed by atoms with Gasteiger partial charge in [0, 0.05) is 19.2 Å². The quantitative estimate of drug-likeness (QED) is 0.832. The van der Waals surface area contributed by atoms with Crippen molar-refractivity contribution in [1.29, 1.82) is 0 Å². The van der Waals surface area contributed by atoms with Crippen LogP contribution in [0.15, 0.2) is 18.2 Å². The molecule has 1 atom stereocenters. The Hall–Kier alpha value is -1.16. The van der Waals surface area contributed by atoms with Gasteiger partial charge in [0.1, 0.15) is 11.6 Å². The van der Waals surface area contributed by atoms with Gasteiger partial charge in [0.25, 0.3) is 0 Å². The Bertz CT molecular complexity index is 328. The molecule has 4 heteroatoms. The van der Waals surface area contributed by atoms with Gasteiger partial charge < -0.3 is 10.6 Å². The molecular formula is C11H16F2N2. The van der Waals surface area contributed by atoms with Crippen LogP contribution in [-0.4, -0.2) is 19.6 Å². The van der Waals surface area contributed by atoms with Gasteiger partial charge in [0.15, 0.2) is 0 Å². The molecule has 0 heterocycles. The Kier molecular flexibility index (Phi) is 4.03. The lowest BCUT2D eigenvalue weighted by atomic mass is 10.2. The van der Waals surface area contributed by atoms with Crippen LogP contribution in [0, 0.1) is 11.6 Å². The smallest absolute Gasteiger partial charge is 0.149 e. The minimum Gasteiger partial charge on any atom is -0.369 e. The molecular weight excluding hydrogens is 198 g/mol. The third-order valence-corrected chi connectivity index (χ3v) is 2.54. The number of halogens is 2. The van der Waals surface area contributed by atoms with Crippen LogP contribution >= 0.6 is 0 Å². The van der Waals surface area contributed by atoms with Crippen LogP contribution in [0.3, 0.4) is 0 Å². The van der Waals surface area contributed by atoms with Gasteiger partial charge in [-0.25, -0.2) is 8.78 Å². The van der Waals surface area contributed by atoms with Gasteiger partial charge in [-0.1, -0.05) is 0 Å². The van der Waals surface area contributed by atoms with Crippen molar-refractivity contribution in [2.24, 2.45) is 5.73 Å². The van der Waals surface area contributed by atoms with Gasteiger partial charge in [-0.2, -0.15) is 0 Å². The van der Waals surface area contributed by atoms with E-state index in [-0.39, 0.29) is 6.04 Å². The first-order chi connectivity index (χ1) is 7.06. The standard InChI is InChI=1S/C11H16F2N2/c1-8(5-6-14)15(2)11-4-3-9(12)7-10(11)13/h3-4,7-8H,5-6,14H2,1-2H3. The molecule has 0 radical (unpaired) electrons. The summed E-state index contributed by atoms with van der Waals surface area (Å²) in [4.78, 5) is 1.77. The first kappa shape index (κ1) is 11.9. The Labute approximate surface area is 88.7 Å². The van der Waals surface area contributed by atoms with Crippen LogP contribution in [0.5, 0.6) is 0 Å². The SMILES string of the molecule is CC(CCN)N(C)c1ccc(F)cc1F. The zero-order valence-corrected chi connectivity index (χ0v) is 9.00. The number of hydrogen-bond donors (Lipinski definition) is 1. The zero-order chi connectivity index (χ0) is 11.4. The summed E-state index contributed by atoms with van der Waals surface area (Å²) in [6.07, 6.45) is 0.771. The molecule has 15 heavy (non-hydrogen) atoms. The van der Waals surface area contributed by atoms with Gasteiger partial charge >= 0.3 is 0 Å². The predicted molar refractivity (Wildman–Crippen MR) is 57.9 cm³/mol. The second-order valence-corrected chi connectivity index (χ2v) is 3.63. The number of nitrogens with zero attached hydrogens (tertiary/aromatic N) is 1. The second kappa shape index (κ2) is 5.07. The molecule has 0 spiro atoms. The largest absolute Gasteiger partial charge is 0.369 e. The molecule has 1 unspecified atom stereocenters. The van der Waals surface area contributed by atoms with E-state index in [0.29, 0.717) is 12.2 Å². The van der Waals surface area contributed by atoms with Crippen LogP contribution in [0.2, 0.25) is 0 Å². The van der Waals surface area contributed by atoms with E-state index in [4.69, 9.17) is 5.73 Å². The molecule has 0 fully saturated rings. The summed E-state index contributed by atoms with van der Waals surface area (Å²) < 4.78 is 26.1. The van der Waals surface area contributed by atoms with Gasteiger partial charge in [0.05, 0.1) is 5.69 Å². The molecule has 2 N–H and O–H groups in total.